The van der Waals surface area contributed by atoms with Crippen molar-refractivity contribution < 1.29 is 14.1 Å². The molecule has 3 heterocycles. The smallest absolute Gasteiger partial charge is 0.230 e. The van der Waals surface area contributed by atoms with E-state index in [0.29, 0.717) is 18.1 Å². The zero-order chi connectivity index (χ0) is 19.3. The van der Waals surface area contributed by atoms with Crippen LogP contribution in [-0.4, -0.2) is 41.1 Å². The third kappa shape index (κ3) is 4.25. The van der Waals surface area contributed by atoms with Crippen molar-refractivity contribution in [2.24, 2.45) is 0 Å². The van der Waals surface area contributed by atoms with Crippen molar-refractivity contribution >= 4 is 17.2 Å². The van der Waals surface area contributed by atoms with E-state index in [1.165, 1.54) is 4.88 Å². The number of aromatic nitrogens is 2. The van der Waals surface area contributed by atoms with Gasteiger partial charge in [0, 0.05) is 35.9 Å². The largest absolute Gasteiger partial charge is 0.497 e. The second-order valence-corrected chi connectivity index (χ2v) is 7.95. The SMILES string of the molecule is COc1ccc(-c2noc(C3CCN(C(=O)CCc4cccs4)CC3)n2)cc1. The number of piperidine rings is 1. The van der Waals surface area contributed by atoms with Crippen molar-refractivity contribution in [2.45, 2.75) is 31.6 Å². The highest BCUT2D eigenvalue weighted by Crippen LogP contribution is 2.29. The van der Waals surface area contributed by atoms with Gasteiger partial charge < -0.3 is 14.2 Å². The summed E-state index contributed by atoms with van der Waals surface area (Å²) >= 11 is 1.71. The first-order chi connectivity index (χ1) is 13.7. The second kappa shape index (κ2) is 8.56. The molecule has 0 saturated carbocycles. The third-order valence-electron chi connectivity index (χ3n) is 5.15. The quantitative estimate of drug-likeness (QED) is 0.625. The number of amides is 1. The van der Waals surface area contributed by atoms with Crippen molar-refractivity contribution in [3.05, 3.63) is 52.5 Å². The first-order valence-corrected chi connectivity index (χ1v) is 10.4. The Morgan fingerprint density at radius 3 is 2.71 bits per heavy atom. The summed E-state index contributed by atoms with van der Waals surface area (Å²) in [6.07, 6.45) is 3.11. The summed E-state index contributed by atoms with van der Waals surface area (Å²) in [5.41, 5.74) is 0.900. The molecule has 1 aliphatic heterocycles. The molecule has 4 rings (SSSR count). The number of ether oxygens (including phenoxy) is 1. The first-order valence-electron chi connectivity index (χ1n) is 9.51. The fourth-order valence-corrected chi connectivity index (χ4v) is 4.19. The maximum absolute atomic E-state index is 12.4. The predicted octanol–water partition coefficient (Wildman–Crippen LogP) is 4.15. The van der Waals surface area contributed by atoms with Crippen LogP contribution in [0.15, 0.2) is 46.3 Å². The summed E-state index contributed by atoms with van der Waals surface area (Å²) < 4.78 is 10.7. The molecule has 0 unspecified atom stereocenters. The number of likely N-dealkylation sites (tertiary alicyclic amines) is 1. The van der Waals surface area contributed by atoms with Crippen LogP contribution in [0, 0.1) is 0 Å². The Morgan fingerprint density at radius 2 is 2.04 bits per heavy atom. The molecular weight excluding hydrogens is 374 g/mol. The summed E-state index contributed by atoms with van der Waals surface area (Å²) in [7, 11) is 1.64. The van der Waals surface area contributed by atoms with E-state index in [1.54, 1.807) is 18.4 Å². The molecule has 0 N–H and O–H groups in total. The van der Waals surface area contributed by atoms with Gasteiger partial charge in [0.15, 0.2) is 0 Å². The Kier molecular flexibility index (Phi) is 5.71. The average molecular weight is 398 g/mol. The minimum absolute atomic E-state index is 0.209. The summed E-state index contributed by atoms with van der Waals surface area (Å²) in [6.45, 7) is 1.49. The van der Waals surface area contributed by atoms with Gasteiger partial charge in [-0.25, -0.2) is 0 Å². The average Bonchev–Trinajstić information content (AvgIpc) is 3.44. The molecule has 1 aliphatic rings. The van der Waals surface area contributed by atoms with Crippen molar-refractivity contribution in [2.75, 3.05) is 20.2 Å². The molecule has 0 bridgehead atoms. The normalized spacial score (nSPS) is 15.0. The number of hydrogen-bond donors (Lipinski definition) is 0. The van der Waals surface area contributed by atoms with Gasteiger partial charge >= 0.3 is 0 Å². The van der Waals surface area contributed by atoms with Gasteiger partial charge in [-0.05, 0) is 55.0 Å². The Balaban J connectivity index is 1.31. The van der Waals surface area contributed by atoms with Gasteiger partial charge in [-0.1, -0.05) is 11.2 Å². The molecule has 7 heteroatoms. The van der Waals surface area contributed by atoms with E-state index >= 15 is 0 Å². The van der Waals surface area contributed by atoms with Crippen LogP contribution in [0.2, 0.25) is 0 Å². The van der Waals surface area contributed by atoms with Crippen LogP contribution < -0.4 is 4.74 Å². The van der Waals surface area contributed by atoms with Crippen LogP contribution in [0.5, 0.6) is 5.75 Å². The van der Waals surface area contributed by atoms with Crippen LogP contribution in [-0.2, 0) is 11.2 Å². The van der Waals surface area contributed by atoms with Gasteiger partial charge in [0.2, 0.25) is 17.6 Å². The number of aryl methyl sites for hydroxylation is 1. The fraction of sp³-hybridized carbons (Fsp3) is 0.381. The molecule has 6 nitrogen and oxygen atoms in total. The standard InChI is InChI=1S/C21H23N3O3S/c1-26-17-6-4-15(5-7-17)20-22-21(27-23-20)16-10-12-24(13-11-16)19(25)9-8-18-3-2-14-28-18/h2-7,14,16H,8-13H2,1H3. The van der Waals surface area contributed by atoms with E-state index in [2.05, 4.69) is 21.6 Å². The highest BCUT2D eigenvalue weighted by atomic mass is 32.1. The Bertz CT molecular complexity index is 897. The molecule has 146 valence electrons. The van der Waals surface area contributed by atoms with Gasteiger partial charge in [0.05, 0.1) is 7.11 Å². The third-order valence-corrected chi connectivity index (χ3v) is 6.09. The minimum atomic E-state index is 0.209. The van der Waals surface area contributed by atoms with Crippen LogP contribution >= 0.6 is 11.3 Å². The van der Waals surface area contributed by atoms with Gasteiger partial charge in [-0.2, -0.15) is 4.98 Å². The molecule has 1 saturated heterocycles. The lowest BCUT2D eigenvalue weighted by Gasteiger charge is -2.30. The van der Waals surface area contributed by atoms with E-state index in [-0.39, 0.29) is 11.8 Å². The Hall–Kier alpha value is -2.67. The molecular formula is C21H23N3O3S. The van der Waals surface area contributed by atoms with Crippen LogP contribution in [0.25, 0.3) is 11.4 Å². The van der Waals surface area contributed by atoms with E-state index in [9.17, 15) is 4.79 Å². The number of rotatable bonds is 6. The number of methoxy groups -OCH3 is 1. The molecule has 0 aliphatic carbocycles. The highest BCUT2D eigenvalue weighted by molar-refractivity contribution is 7.09. The van der Waals surface area contributed by atoms with Crippen LogP contribution in [0.1, 0.15) is 35.9 Å². The van der Waals surface area contributed by atoms with Gasteiger partial charge in [0.25, 0.3) is 0 Å². The maximum atomic E-state index is 12.4. The number of carbonyl (C=O) groups excluding carboxylic acids is 1. The van der Waals surface area contributed by atoms with Crippen LogP contribution in [0.4, 0.5) is 0 Å². The lowest BCUT2D eigenvalue weighted by atomic mass is 9.96. The number of benzene rings is 1. The summed E-state index contributed by atoms with van der Waals surface area (Å²) in [5.74, 6) is 2.49. The molecule has 1 amide bonds. The monoisotopic (exact) mass is 397 g/mol. The van der Waals surface area contributed by atoms with Gasteiger partial charge in [-0.15, -0.1) is 11.3 Å². The second-order valence-electron chi connectivity index (χ2n) is 6.92. The van der Waals surface area contributed by atoms with Crippen molar-refractivity contribution in [3.8, 4) is 17.1 Å². The Labute approximate surface area is 168 Å². The number of thiophene rings is 1. The molecule has 0 radical (unpaired) electrons. The van der Waals surface area contributed by atoms with Crippen molar-refractivity contribution in [1.29, 1.82) is 0 Å². The maximum Gasteiger partial charge on any atom is 0.230 e. The number of nitrogens with zero attached hydrogens (tertiary/aromatic N) is 3. The highest BCUT2D eigenvalue weighted by Gasteiger charge is 2.27. The van der Waals surface area contributed by atoms with Crippen LogP contribution in [0.3, 0.4) is 0 Å². The molecule has 3 aromatic rings. The predicted molar refractivity (Wildman–Crippen MR) is 107 cm³/mol. The van der Waals surface area contributed by atoms with E-state index in [4.69, 9.17) is 9.26 Å². The molecule has 0 atom stereocenters. The topological polar surface area (TPSA) is 68.5 Å². The summed E-state index contributed by atoms with van der Waals surface area (Å²) in [4.78, 5) is 20.3. The van der Waals surface area contributed by atoms with Gasteiger partial charge in [-0.3, -0.25) is 4.79 Å². The zero-order valence-electron chi connectivity index (χ0n) is 15.8. The van der Waals surface area contributed by atoms with Crippen molar-refractivity contribution in [1.82, 2.24) is 15.0 Å². The molecule has 2 aromatic heterocycles. The first kappa shape index (κ1) is 18.7. The van der Waals surface area contributed by atoms with E-state index < -0.39 is 0 Å². The van der Waals surface area contributed by atoms with E-state index in [0.717, 1.165) is 43.7 Å². The minimum Gasteiger partial charge on any atom is -0.497 e. The Morgan fingerprint density at radius 1 is 1.25 bits per heavy atom. The van der Waals surface area contributed by atoms with Gasteiger partial charge in [0.1, 0.15) is 5.75 Å². The lowest BCUT2D eigenvalue weighted by Crippen LogP contribution is -2.38. The lowest BCUT2D eigenvalue weighted by molar-refractivity contribution is -0.132. The summed E-state index contributed by atoms with van der Waals surface area (Å²) in [6, 6.07) is 11.7. The molecule has 1 aromatic carbocycles. The van der Waals surface area contributed by atoms with Crippen molar-refractivity contribution in [3.63, 3.8) is 0 Å². The molecule has 0 spiro atoms. The number of carbonyl (C=O) groups is 1. The molecule has 1 fully saturated rings. The summed E-state index contributed by atoms with van der Waals surface area (Å²) in [5, 5.41) is 6.17. The zero-order valence-corrected chi connectivity index (χ0v) is 16.7. The van der Waals surface area contributed by atoms with E-state index in [1.807, 2.05) is 35.2 Å². The molecule has 28 heavy (non-hydrogen) atoms. The number of hydrogen-bond acceptors (Lipinski definition) is 6. The fourth-order valence-electron chi connectivity index (χ4n) is 3.48.